The average Bonchev–Trinajstić information content (AvgIpc) is 3.20. The molecule has 0 aromatic rings. The second-order valence-electron chi connectivity index (χ2n) is 19.1. The molecule has 4 fully saturated rings. The van der Waals surface area contributed by atoms with Crippen LogP contribution in [0.25, 0.3) is 0 Å². The second-order valence-corrected chi connectivity index (χ2v) is 19.1. The Bertz CT molecular complexity index is 1290. The summed E-state index contributed by atoms with van der Waals surface area (Å²) < 4.78 is 0. The normalized spacial score (nSPS) is 28.2. The van der Waals surface area contributed by atoms with Gasteiger partial charge in [-0.05, 0) is 80.6 Å². The molecule has 278 valence electrons. The predicted octanol–water partition coefficient (Wildman–Crippen LogP) is 6.66. The van der Waals surface area contributed by atoms with Crippen molar-refractivity contribution in [3.8, 4) is 0 Å². The first-order chi connectivity index (χ1) is 22.6. The van der Waals surface area contributed by atoms with Crippen molar-refractivity contribution in [2.24, 2.45) is 38.9 Å². The minimum atomic E-state index is -0.971. The molecule has 49 heavy (non-hydrogen) atoms. The maximum Gasteiger partial charge on any atom is 0.306 e. The van der Waals surface area contributed by atoms with E-state index in [1.807, 2.05) is 48.5 Å². The van der Waals surface area contributed by atoms with Gasteiger partial charge in [-0.1, -0.05) is 81.6 Å². The van der Waals surface area contributed by atoms with Gasteiger partial charge in [-0.2, -0.15) is 0 Å². The summed E-state index contributed by atoms with van der Waals surface area (Å²) in [5, 5.41) is 13.0. The Morgan fingerprint density at radius 3 is 1.98 bits per heavy atom. The number of carboxylic acid groups (broad SMARTS) is 1. The molecule has 0 radical (unpaired) electrons. The van der Waals surface area contributed by atoms with E-state index in [4.69, 9.17) is 0 Å². The van der Waals surface area contributed by atoms with Gasteiger partial charge in [0, 0.05) is 36.8 Å². The molecule has 2 spiro atoms. The van der Waals surface area contributed by atoms with E-state index in [0.717, 1.165) is 45.1 Å². The van der Waals surface area contributed by atoms with Crippen LogP contribution in [-0.2, 0) is 24.0 Å². The maximum absolute atomic E-state index is 14.9. The van der Waals surface area contributed by atoms with Crippen LogP contribution in [0.2, 0.25) is 0 Å². The van der Waals surface area contributed by atoms with Gasteiger partial charge in [0.2, 0.25) is 11.8 Å². The van der Waals surface area contributed by atoms with Gasteiger partial charge in [-0.25, -0.2) is 0 Å². The molecule has 0 unspecified atom stereocenters. The molecule has 9 heteroatoms. The molecule has 4 aliphatic rings. The molecule has 0 aromatic heterocycles. The number of carbonyl (C=O) groups is 5. The number of nitrogens with zero attached hydrogens (tertiary/aromatic N) is 2. The Kier molecular flexibility index (Phi) is 11.3. The molecule has 2 amide bonds. The molecule has 2 saturated heterocycles. The van der Waals surface area contributed by atoms with Gasteiger partial charge in [0.1, 0.15) is 0 Å². The third-order valence-electron chi connectivity index (χ3n) is 13.6. The fraction of sp³-hybridized carbons (Fsp3) is 0.875. The quantitative estimate of drug-likeness (QED) is 0.222. The van der Waals surface area contributed by atoms with Gasteiger partial charge in [0.25, 0.3) is 0 Å². The number of piperidine rings is 1. The Balaban J connectivity index is 1.62. The van der Waals surface area contributed by atoms with E-state index in [9.17, 15) is 29.1 Å². The molecule has 4 rings (SSSR count). The number of Topliss-reactive ketones (excluding diaryl/α,β-unsaturated/α-hetero) is 2. The van der Waals surface area contributed by atoms with Gasteiger partial charge in [0.15, 0.2) is 11.6 Å². The lowest BCUT2D eigenvalue weighted by atomic mass is 9.73. The topological polar surface area (TPSA) is 124 Å². The lowest BCUT2D eigenvalue weighted by Gasteiger charge is -2.40. The Labute approximate surface area is 296 Å². The largest absolute Gasteiger partial charge is 0.481 e. The number of likely N-dealkylation sites (tertiary alicyclic amines) is 2. The van der Waals surface area contributed by atoms with Crippen molar-refractivity contribution in [2.75, 3.05) is 13.1 Å². The van der Waals surface area contributed by atoms with Crippen LogP contribution in [0.15, 0.2) is 0 Å². The molecule has 2 aliphatic heterocycles. The molecule has 2 N–H and O–H groups in total. The van der Waals surface area contributed by atoms with Crippen LogP contribution in [0.5, 0.6) is 0 Å². The summed E-state index contributed by atoms with van der Waals surface area (Å²) in [6.07, 6.45) is 7.58. The fourth-order valence-electron chi connectivity index (χ4n) is 10.3. The molecular formula is C40H67N3O6. The number of ketones is 2. The summed E-state index contributed by atoms with van der Waals surface area (Å²) in [6.45, 7) is 23.7. The molecule has 6 atom stereocenters. The van der Waals surface area contributed by atoms with Gasteiger partial charge in [0.05, 0.1) is 24.0 Å². The molecule has 2 saturated carbocycles. The first-order valence-corrected chi connectivity index (χ1v) is 19.2. The van der Waals surface area contributed by atoms with Crippen LogP contribution >= 0.6 is 0 Å². The second kappa shape index (κ2) is 14.0. The van der Waals surface area contributed by atoms with Gasteiger partial charge in [-0.3, -0.25) is 28.9 Å². The highest BCUT2D eigenvalue weighted by Crippen LogP contribution is 2.88. The lowest BCUT2D eigenvalue weighted by molar-refractivity contribution is -0.148. The zero-order valence-electron chi connectivity index (χ0n) is 32.5. The Morgan fingerprint density at radius 1 is 0.878 bits per heavy atom. The van der Waals surface area contributed by atoms with E-state index < -0.39 is 40.7 Å². The minimum absolute atomic E-state index is 0.0287. The molecule has 2 aliphatic carbocycles. The lowest BCUT2D eigenvalue weighted by Crippen LogP contribution is -2.58. The van der Waals surface area contributed by atoms with E-state index in [0.29, 0.717) is 25.8 Å². The number of aliphatic carboxylic acids is 1. The van der Waals surface area contributed by atoms with Gasteiger partial charge in [-0.15, -0.1) is 0 Å². The number of carbonyl (C=O) groups excluding carboxylic acids is 4. The molecular weight excluding hydrogens is 618 g/mol. The summed E-state index contributed by atoms with van der Waals surface area (Å²) in [6, 6.07) is -1.55. The monoisotopic (exact) mass is 686 g/mol. The first-order valence-electron chi connectivity index (χ1n) is 19.2. The number of amides is 2. The van der Waals surface area contributed by atoms with Crippen molar-refractivity contribution < 1.29 is 29.1 Å². The van der Waals surface area contributed by atoms with E-state index in [2.05, 4.69) is 37.9 Å². The summed E-state index contributed by atoms with van der Waals surface area (Å²) in [5.74, 6) is -3.14. The molecule has 0 bridgehead atoms. The van der Waals surface area contributed by atoms with E-state index >= 15 is 0 Å². The Hall–Kier alpha value is -2.29. The zero-order chi connectivity index (χ0) is 36.9. The van der Waals surface area contributed by atoms with E-state index in [1.54, 1.807) is 4.90 Å². The van der Waals surface area contributed by atoms with Gasteiger partial charge >= 0.3 is 5.97 Å². The minimum Gasteiger partial charge on any atom is -0.481 e. The van der Waals surface area contributed by atoms with Crippen LogP contribution < -0.4 is 5.32 Å². The summed E-state index contributed by atoms with van der Waals surface area (Å²) in [4.78, 5) is 73.2. The van der Waals surface area contributed by atoms with Crippen LogP contribution in [0.4, 0.5) is 0 Å². The fourth-order valence-corrected chi connectivity index (χ4v) is 10.3. The van der Waals surface area contributed by atoms with Crippen molar-refractivity contribution in [1.29, 1.82) is 0 Å². The van der Waals surface area contributed by atoms with Crippen molar-refractivity contribution in [2.45, 2.75) is 171 Å². The molecule has 9 nitrogen and oxygen atoms in total. The summed E-state index contributed by atoms with van der Waals surface area (Å²) in [7, 11) is 0. The SMILES string of the molecule is CCC[C@@H](CC(=O)[C@@H]1C[C@]2(CN1C(=O)[C@H](CC(=O)[C@@H](NC(=O)[C@H]1CCCCN1C(C)C)C(C)(C)C)C(C)(C)C)C(C)(C)C21CCC1)C(=O)O. The number of rotatable bonds is 13. The average molecular weight is 686 g/mol. The number of hydrogen-bond donors (Lipinski definition) is 2. The number of carboxylic acids is 1. The van der Waals surface area contributed by atoms with Crippen LogP contribution in [-0.4, -0.2) is 81.5 Å². The third-order valence-corrected chi connectivity index (χ3v) is 13.6. The van der Waals surface area contributed by atoms with Crippen molar-refractivity contribution in [3.05, 3.63) is 0 Å². The predicted molar refractivity (Wildman–Crippen MR) is 192 cm³/mol. The van der Waals surface area contributed by atoms with Crippen LogP contribution in [0, 0.1) is 38.9 Å². The highest BCUT2D eigenvalue weighted by molar-refractivity contribution is 5.96. The third kappa shape index (κ3) is 7.13. The van der Waals surface area contributed by atoms with Crippen molar-refractivity contribution >= 4 is 29.4 Å². The number of nitrogens with one attached hydrogen (secondary N) is 1. The zero-order valence-corrected chi connectivity index (χ0v) is 32.5. The van der Waals surface area contributed by atoms with E-state index in [-0.39, 0.29) is 64.6 Å². The highest BCUT2D eigenvalue weighted by Gasteiger charge is 2.85. The van der Waals surface area contributed by atoms with Crippen molar-refractivity contribution in [3.63, 3.8) is 0 Å². The van der Waals surface area contributed by atoms with Crippen LogP contribution in [0.1, 0.15) is 147 Å². The molecule has 0 aromatic carbocycles. The highest BCUT2D eigenvalue weighted by atomic mass is 16.4. The number of fused-ring (bicyclic) bond motifs is 1. The standard InChI is InChI=1S/C40H67N3O6/c1-12-16-26(35(48)49)21-30(44)29-23-40(38(10,11)39(40)18-15-19-39)24-43(29)34(47)27(36(4,5)6)22-31(45)32(37(7,8)9)41-33(46)28-17-13-14-20-42(28)25(2)3/h25-29,32H,12-24H2,1-11H3,(H,41,46)(H,48,49)/t26-,27-,28+,29-,32+,40-/m0/s1. The first kappa shape index (κ1) is 39.5. The summed E-state index contributed by atoms with van der Waals surface area (Å²) >= 11 is 0. The Morgan fingerprint density at radius 2 is 1.51 bits per heavy atom. The number of hydrogen-bond acceptors (Lipinski definition) is 6. The van der Waals surface area contributed by atoms with Crippen LogP contribution in [0.3, 0.4) is 0 Å². The smallest absolute Gasteiger partial charge is 0.306 e. The van der Waals surface area contributed by atoms with Crippen molar-refractivity contribution in [1.82, 2.24) is 15.1 Å². The van der Waals surface area contributed by atoms with E-state index in [1.165, 1.54) is 0 Å². The molecule has 2 heterocycles. The maximum atomic E-state index is 14.9. The van der Waals surface area contributed by atoms with Gasteiger partial charge < -0.3 is 15.3 Å². The summed E-state index contributed by atoms with van der Waals surface area (Å²) in [5.41, 5.74) is -1.29.